The van der Waals surface area contributed by atoms with Gasteiger partial charge in [0.1, 0.15) is 0 Å². The minimum Gasteiger partial charge on any atom is -0.326 e. The van der Waals surface area contributed by atoms with Crippen molar-refractivity contribution in [3.8, 4) is 0 Å². The first-order valence-corrected chi connectivity index (χ1v) is 9.61. The Kier molecular flexibility index (Phi) is 6.03. The lowest BCUT2D eigenvalue weighted by molar-refractivity contribution is -0.115. The fourth-order valence-electron chi connectivity index (χ4n) is 2.12. The second-order valence-electron chi connectivity index (χ2n) is 5.34. The number of hydrogen-bond acceptors (Lipinski definition) is 4. The van der Waals surface area contributed by atoms with Gasteiger partial charge in [0.2, 0.25) is 5.91 Å². The zero-order valence-electron chi connectivity index (χ0n) is 13.3. The lowest BCUT2D eigenvalue weighted by atomic mass is 10.2. The molecule has 0 saturated heterocycles. The van der Waals surface area contributed by atoms with E-state index >= 15 is 0 Å². The fourth-order valence-corrected chi connectivity index (χ4v) is 3.21. The predicted octanol–water partition coefficient (Wildman–Crippen LogP) is 4.99. The summed E-state index contributed by atoms with van der Waals surface area (Å²) in [7, 11) is 0. The monoisotopic (exact) mass is 449 g/mol. The molecule has 3 rings (SSSR count). The zero-order chi connectivity index (χ0) is 18.5. The molecule has 0 radical (unpaired) electrons. The van der Waals surface area contributed by atoms with Crippen LogP contribution in [0, 0.1) is 0 Å². The molecule has 0 aliphatic carbocycles. The van der Waals surface area contributed by atoms with Crippen LogP contribution in [0.1, 0.15) is 16.1 Å². The van der Waals surface area contributed by atoms with E-state index in [1.807, 2.05) is 12.1 Å². The number of benzene rings is 2. The molecule has 2 aromatic carbocycles. The number of carbonyl (C=O) groups is 2. The molecule has 8 heteroatoms. The van der Waals surface area contributed by atoms with Crippen molar-refractivity contribution < 1.29 is 9.59 Å². The molecule has 132 valence electrons. The number of nitrogens with zero attached hydrogens (tertiary/aromatic N) is 1. The highest BCUT2D eigenvalue weighted by atomic mass is 79.9. The Balaban J connectivity index is 1.57. The number of carbonyl (C=O) groups excluding carboxylic acids is 2. The van der Waals surface area contributed by atoms with Crippen molar-refractivity contribution in [3.63, 3.8) is 0 Å². The number of thiazole rings is 1. The van der Waals surface area contributed by atoms with Crippen molar-refractivity contribution in [3.05, 3.63) is 74.7 Å². The molecule has 3 aromatic rings. The van der Waals surface area contributed by atoms with Crippen LogP contribution in [-0.2, 0) is 11.2 Å². The molecular weight excluding hydrogens is 438 g/mol. The number of nitrogens with one attached hydrogen (secondary N) is 2. The fraction of sp³-hybridized carbons (Fsp3) is 0.0556. The Hall–Kier alpha value is -2.22. The first kappa shape index (κ1) is 18.6. The third-order valence-electron chi connectivity index (χ3n) is 3.35. The maximum atomic E-state index is 12.2. The predicted molar refractivity (Wildman–Crippen MR) is 108 cm³/mol. The van der Waals surface area contributed by atoms with Gasteiger partial charge in [-0.2, -0.15) is 0 Å². The Bertz CT molecular complexity index is 926. The van der Waals surface area contributed by atoms with Crippen LogP contribution < -0.4 is 10.6 Å². The maximum Gasteiger partial charge on any atom is 0.257 e. The van der Waals surface area contributed by atoms with E-state index in [1.54, 1.807) is 41.8 Å². The molecule has 0 aliphatic heterocycles. The van der Waals surface area contributed by atoms with Gasteiger partial charge in [0.15, 0.2) is 5.13 Å². The van der Waals surface area contributed by atoms with E-state index < -0.39 is 0 Å². The summed E-state index contributed by atoms with van der Waals surface area (Å²) in [6.07, 6.45) is 0.128. The third-order valence-corrected chi connectivity index (χ3v) is 4.94. The van der Waals surface area contributed by atoms with Gasteiger partial charge in [-0.25, -0.2) is 4.98 Å². The molecule has 2 amide bonds. The smallest absolute Gasteiger partial charge is 0.257 e. The summed E-state index contributed by atoms with van der Waals surface area (Å²) in [4.78, 5) is 28.5. The first-order chi connectivity index (χ1) is 12.5. The van der Waals surface area contributed by atoms with Gasteiger partial charge in [-0.15, -0.1) is 11.3 Å². The van der Waals surface area contributed by atoms with Crippen LogP contribution in [0.3, 0.4) is 0 Å². The summed E-state index contributed by atoms with van der Waals surface area (Å²) >= 11 is 10.4. The molecule has 0 fully saturated rings. The average molecular weight is 451 g/mol. The van der Waals surface area contributed by atoms with Crippen molar-refractivity contribution >= 4 is 61.5 Å². The number of amides is 2. The van der Waals surface area contributed by atoms with E-state index in [9.17, 15) is 9.59 Å². The number of anilines is 2. The lowest BCUT2D eigenvalue weighted by Gasteiger charge is -2.04. The standard InChI is InChI=1S/C18H13BrClN3O2S/c19-12-3-7-14(8-4-12)21-16(24)9-15-10-26-18(22-15)23-17(25)11-1-5-13(20)6-2-11/h1-8,10H,9H2,(H,21,24)(H,22,23,25). The molecular formula is C18H13BrClN3O2S. The molecule has 0 saturated carbocycles. The molecule has 2 N–H and O–H groups in total. The Morgan fingerprint density at radius 3 is 2.42 bits per heavy atom. The van der Waals surface area contributed by atoms with Crippen LogP contribution in [0.5, 0.6) is 0 Å². The van der Waals surface area contributed by atoms with Crippen molar-refractivity contribution in [2.75, 3.05) is 10.6 Å². The topological polar surface area (TPSA) is 71.1 Å². The number of aromatic nitrogens is 1. The molecule has 0 bridgehead atoms. The quantitative estimate of drug-likeness (QED) is 0.575. The maximum absolute atomic E-state index is 12.2. The molecule has 0 unspecified atom stereocenters. The summed E-state index contributed by atoms with van der Waals surface area (Å²) in [6.45, 7) is 0. The van der Waals surface area contributed by atoms with Crippen LogP contribution >= 0.6 is 38.9 Å². The lowest BCUT2D eigenvalue weighted by Crippen LogP contribution is -2.15. The second kappa shape index (κ2) is 8.44. The van der Waals surface area contributed by atoms with Crippen LogP contribution in [0.15, 0.2) is 58.4 Å². The average Bonchev–Trinajstić information content (AvgIpc) is 3.04. The molecule has 0 atom stereocenters. The van der Waals surface area contributed by atoms with Gasteiger partial charge in [0.25, 0.3) is 5.91 Å². The highest BCUT2D eigenvalue weighted by Gasteiger charge is 2.11. The van der Waals surface area contributed by atoms with E-state index in [4.69, 9.17) is 11.6 Å². The normalized spacial score (nSPS) is 10.4. The van der Waals surface area contributed by atoms with Gasteiger partial charge in [-0.3, -0.25) is 14.9 Å². The molecule has 1 aromatic heterocycles. The van der Waals surface area contributed by atoms with Crippen molar-refractivity contribution in [2.24, 2.45) is 0 Å². The van der Waals surface area contributed by atoms with Gasteiger partial charge >= 0.3 is 0 Å². The Morgan fingerprint density at radius 1 is 1.04 bits per heavy atom. The van der Waals surface area contributed by atoms with Crippen LogP contribution in [0.25, 0.3) is 0 Å². The first-order valence-electron chi connectivity index (χ1n) is 7.56. The molecule has 0 aliphatic rings. The highest BCUT2D eigenvalue weighted by Crippen LogP contribution is 2.19. The molecule has 5 nitrogen and oxygen atoms in total. The van der Waals surface area contributed by atoms with Gasteiger partial charge < -0.3 is 5.32 Å². The summed E-state index contributed by atoms with van der Waals surface area (Å²) in [6, 6.07) is 13.9. The van der Waals surface area contributed by atoms with Gasteiger partial charge in [-0.1, -0.05) is 27.5 Å². The summed E-state index contributed by atoms with van der Waals surface area (Å²) in [5, 5.41) is 8.27. The van der Waals surface area contributed by atoms with E-state index in [1.165, 1.54) is 11.3 Å². The Labute approximate surface area is 167 Å². The third kappa shape index (κ3) is 5.14. The van der Waals surface area contributed by atoms with E-state index in [-0.39, 0.29) is 18.2 Å². The minimum atomic E-state index is -0.276. The zero-order valence-corrected chi connectivity index (χ0v) is 16.5. The minimum absolute atomic E-state index is 0.128. The van der Waals surface area contributed by atoms with Crippen molar-refractivity contribution in [1.29, 1.82) is 0 Å². The summed E-state index contributed by atoms with van der Waals surface area (Å²) in [5.74, 6) is -0.449. The van der Waals surface area contributed by atoms with Gasteiger partial charge in [0.05, 0.1) is 12.1 Å². The number of rotatable bonds is 5. The summed E-state index contributed by atoms with van der Waals surface area (Å²) < 4.78 is 0.941. The van der Waals surface area contributed by atoms with E-state index in [0.29, 0.717) is 27.1 Å². The largest absolute Gasteiger partial charge is 0.326 e. The molecule has 1 heterocycles. The van der Waals surface area contributed by atoms with Crippen molar-refractivity contribution in [2.45, 2.75) is 6.42 Å². The van der Waals surface area contributed by atoms with E-state index in [0.717, 1.165) is 4.47 Å². The number of hydrogen-bond donors (Lipinski definition) is 2. The van der Waals surface area contributed by atoms with Crippen LogP contribution in [-0.4, -0.2) is 16.8 Å². The number of halogens is 2. The van der Waals surface area contributed by atoms with Gasteiger partial charge in [-0.05, 0) is 48.5 Å². The Morgan fingerprint density at radius 2 is 1.73 bits per heavy atom. The van der Waals surface area contributed by atoms with Crippen LogP contribution in [0.4, 0.5) is 10.8 Å². The van der Waals surface area contributed by atoms with E-state index in [2.05, 4.69) is 31.5 Å². The van der Waals surface area contributed by atoms with Gasteiger partial charge in [0, 0.05) is 26.1 Å². The SMILES string of the molecule is O=C(Cc1csc(NC(=O)c2ccc(Cl)cc2)n1)Nc1ccc(Br)cc1. The summed E-state index contributed by atoms with van der Waals surface area (Å²) in [5.41, 5.74) is 1.79. The van der Waals surface area contributed by atoms with Crippen LogP contribution in [0.2, 0.25) is 5.02 Å². The second-order valence-corrected chi connectivity index (χ2v) is 7.55. The van der Waals surface area contributed by atoms with Crippen molar-refractivity contribution in [1.82, 2.24) is 4.98 Å². The highest BCUT2D eigenvalue weighted by molar-refractivity contribution is 9.10. The molecule has 26 heavy (non-hydrogen) atoms. The molecule has 0 spiro atoms.